The first-order valence-electron chi connectivity index (χ1n) is 4.41. The Kier molecular flexibility index (Phi) is 2.78. The molecule has 0 radical (unpaired) electrons. The summed E-state index contributed by atoms with van der Waals surface area (Å²) in [6.45, 7) is 1.93. The highest BCUT2D eigenvalue weighted by Gasteiger charge is 1.97. The second kappa shape index (κ2) is 4.23. The van der Waals surface area contributed by atoms with Gasteiger partial charge in [-0.3, -0.25) is 4.98 Å². The largest absolute Gasteiger partial charge is 0.340 e. The van der Waals surface area contributed by atoms with Gasteiger partial charge < -0.3 is 5.32 Å². The monoisotopic (exact) mass is 220 g/mol. The third-order valence-corrected chi connectivity index (χ3v) is 2.01. The molecular weight excluding hydrogens is 212 g/mol. The van der Waals surface area contributed by atoms with Gasteiger partial charge >= 0.3 is 0 Å². The zero-order chi connectivity index (χ0) is 10.7. The van der Waals surface area contributed by atoms with Crippen molar-refractivity contribution in [2.45, 2.75) is 6.92 Å². The number of nitrogens with zero attached hydrogens (tertiary/aromatic N) is 3. The highest BCUT2D eigenvalue weighted by molar-refractivity contribution is 6.29. The Morgan fingerprint density at radius 3 is 2.80 bits per heavy atom. The van der Waals surface area contributed by atoms with Crippen LogP contribution in [0.1, 0.15) is 5.69 Å². The number of halogens is 1. The number of anilines is 2. The van der Waals surface area contributed by atoms with E-state index in [4.69, 9.17) is 11.6 Å². The van der Waals surface area contributed by atoms with Gasteiger partial charge in [0.15, 0.2) is 0 Å². The van der Waals surface area contributed by atoms with E-state index in [0.717, 1.165) is 11.4 Å². The van der Waals surface area contributed by atoms with Crippen molar-refractivity contribution in [1.82, 2.24) is 15.0 Å². The Hall–Kier alpha value is -1.68. The highest BCUT2D eigenvalue weighted by Crippen LogP contribution is 2.15. The Balaban J connectivity index is 2.22. The third-order valence-electron chi connectivity index (χ3n) is 1.80. The summed E-state index contributed by atoms with van der Waals surface area (Å²) < 4.78 is 0. The van der Waals surface area contributed by atoms with E-state index in [1.54, 1.807) is 12.3 Å². The molecule has 2 aromatic rings. The molecule has 0 aliphatic rings. The zero-order valence-electron chi connectivity index (χ0n) is 8.11. The van der Waals surface area contributed by atoms with E-state index >= 15 is 0 Å². The summed E-state index contributed by atoms with van der Waals surface area (Å²) in [7, 11) is 0. The Morgan fingerprint density at radius 2 is 2.07 bits per heavy atom. The standard InChI is InChI=1S/C10H9ClN4/c1-7-4-8(2-3-12-7)15-10-5-9(11)13-6-14-10/h2-6H,1H3,(H,12,13,14,15). The summed E-state index contributed by atoms with van der Waals surface area (Å²) in [4.78, 5) is 11.9. The fraction of sp³-hybridized carbons (Fsp3) is 0.100. The fourth-order valence-corrected chi connectivity index (χ4v) is 1.32. The predicted molar refractivity (Wildman–Crippen MR) is 59.3 cm³/mol. The normalized spacial score (nSPS) is 10.0. The van der Waals surface area contributed by atoms with Gasteiger partial charge in [0, 0.05) is 23.6 Å². The lowest BCUT2D eigenvalue weighted by atomic mass is 10.3. The molecule has 0 atom stereocenters. The van der Waals surface area contributed by atoms with Crippen LogP contribution in [0.25, 0.3) is 0 Å². The van der Waals surface area contributed by atoms with Crippen LogP contribution in [0.2, 0.25) is 5.15 Å². The van der Waals surface area contributed by atoms with E-state index in [9.17, 15) is 0 Å². The first kappa shape index (κ1) is 9.86. The molecular formula is C10H9ClN4. The van der Waals surface area contributed by atoms with Crippen LogP contribution in [0.4, 0.5) is 11.5 Å². The average molecular weight is 221 g/mol. The molecule has 2 aromatic heterocycles. The van der Waals surface area contributed by atoms with Crippen LogP contribution in [0.15, 0.2) is 30.7 Å². The quantitative estimate of drug-likeness (QED) is 0.791. The van der Waals surface area contributed by atoms with Gasteiger partial charge in [0.2, 0.25) is 0 Å². The maximum atomic E-state index is 5.74. The molecule has 0 bridgehead atoms. The minimum atomic E-state index is 0.415. The molecule has 76 valence electrons. The van der Waals surface area contributed by atoms with Gasteiger partial charge in [-0.25, -0.2) is 9.97 Å². The molecule has 4 nitrogen and oxygen atoms in total. The number of aromatic nitrogens is 3. The van der Waals surface area contributed by atoms with E-state index in [0.29, 0.717) is 11.0 Å². The van der Waals surface area contributed by atoms with Crippen LogP contribution >= 0.6 is 11.6 Å². The molecule has 2 rings (SSSR count). The van der Waals surface area contributed by atoms with E-state index in [2.05, 4.69) is 20.3 Å². The lowest BCUT2D eigenvalue weighted by Crippen LogP contribution is -1.94. The number of aryl methyl sites for hydroxylation is 1. The van der Waals surface area contributed by atoms with Gasteiger partial charge in [0.05, 0.1) is 0 Å². The smallest absolute Gasteiger partial charge is 0.135 e. The second-order valence-corrected chi connectivity index (χ2v) is 3.42. The van der Waals surface area contributed by atoms with E-state index < -0.39 is 0 Å². The highest BCUT2D eigenvalue weighted by atomic mass is 35.5. The topological polar surface area (TPSA) is 50.7 Å². The zero-order valence-corrected chi connectivity index (χ0v) is 8.86. The minimum absolute atomic E-state index is 0.415. The van der Waals surface area contributed by atoms with Gasteiger partial charge in [-0.05, 0) is 19.1 Å². The predicted octanol–water partition coefficient (Wildman–Crippen LogP) is 2.58. The van der Waals surface area contributed by atoms with E-state index in [-0.39, 0.29) is 0 Å². The second-order valence-electron chi connectivity index (χ2n) is 3.04. The molecule has 0 aliphatic carbocycles. The van der Waals surface area contributed by atoms with E-state index in [1.165, 1.54) is 6.33 Å². The molecule has 0 amide bonds. The van der Waals surface area contributed by atoms with E-state index in [1.807, 2.05) is 19.1 Å². The maximum Gasteiger partial charge on any atom is 0.135 e. The molecule has 15 heavy (non-hydrogen) atoms. The van der Waals surface area contributed by atoms with Crippen molar-refractivity contribution in [3.63, 3.8) is 0 Å². The van der Waals surface area contributed by atoms with Gasteiger partial charge in [0.25, 0.3) is 0 Å². The molecule has 0 spiro atoms. The van der Waals surface area contributed by atoms with Gasteiger partial charge in [-0.2, -0.15) is 0 Å². The molecule has 5 heteroatoms. The first-order valence-corrected chi connectivity index (χ1v) is 4.79. The first-order chi connectivity index (χ1) is 7.24. The third kappa shape index (κ3) is 2.63. The summed E-state index contributed by atoms with van der Waals surface area (Å²) in [6.07, 6.45) is 3.15. The average Bonchev–Trinajstić information content (AvgIpc) is 2.17. The van der Waals surface area contributed by atoms with Crippen molar-refractivity contribution < 1.29 is 0 Å². The van der Waals surface area contributed by atoms with Crippen molar-refractivity contribution in [1.29, 1.82) is 0 Å². The van der Waals surface area contributed by atoms with Gasteiger partial charge in [0.1, 0.15) is 17.3 Å². The molecule has 0 unspecified atom stereocenters. The molecule has 2 heterocycles. The Bertz CT molecular complexity index is 429. The number of rotatable bonds is 2. The van der Waals surface area contributed by atoms with Crippen molar-refractivity contribution in [3.8, 4) is 0 Å². The summed E-state index contributed by atoms with van der Waals surface area (Å²) in [6, 6.07) is 5.45. The summed E-state index contributed by atoms with van der Waals surface area (Å²) in [5, 5.41) is 3.53. The lowest BCUT2D eigenvalue weighted by Gasteiger charge is -2.05. The van der Waals surface area contributed by atoms with Crippen molar-refractivity contribution in [3.05, 3.63) is 41.6 Å². The van der Waals surface area contributed by atoms with Gasteiger partial charge in [-0.15, -0.1) is 0 Å². The van der Waals surface area contributed by atoms with Crippen molar-refractivity contribution in [2.75, 3.05) is 5.32 Å². The molecule has 0 aromatic carbocycles. The summed E-state index contributed by atoms with van der Waals surface area (Å²) >= 11 is 5.74. The van der Waals surface area contributed by atoms with Crippen LogP contribution in [0.5, 0.6) is 0 Å². The van der Waals surface area contributed by atoms with Crippen LogP contribution in [0.3, 0.4) is 0 Å². The van der Waals surface area contributed by atoms with Crippen LogP contribution in [0, 0.1) is 6.92 Å². The fourth-order valence-electron chi connectivity index (χ4n) is 1.17. The molecule has 0 fully saturated rings. The number of hydrogen-bond donors (Lipinski definition) is 1. The molecule has 0 saturated carbocycles. The molecule has 0 saturated heterocycles. The summed E-state index contributed by atoms with van der Waals surface area (Å²) in [5.74, 6) is 0.667. The van der Waals surface area contributed by atoms with Crippen LogP contribution < -0.4 is 5.32 Å². The maximum absolute atomic E-state index is 5.74. The molecule has 1 N–H and O–H groups in total. The van der Waals surface area contributed by atoms with Crippen LogP contribution in [-0.4, -0.2) is 15.0 Å². The number of hydrogen-bond acceptors (Lipinski definition) is 4. The minimum Gasteiger partial charge on any atom is -0.340 e. The number of pyridine rings is 1. The van der Waals surface area contributed by atoms with Gasteiger partial charge in [-0.1, -0.05) is 11.6 Å². The lowest BCUT2D eigenvalue weighted by molar-refractivity contribution is 1.16. The van der Waals surface area contributed by atoms with Crippen LogP contribution in [-0.2, 0) is 0 Å². The van der Waals surface area contributed by atoms with Crippen molar-refractivity contribution >= 4 is 23.1 Å². The molecule has 0 aliphatic heterocycles. The number of nitrogens with one attached hydrogen (secondary N) is 1. The SMILES string of the molecule is Cc1cc(Nc2cc(Cl)ncn2)ccn1. The Morgan fingerprint density at radius 1 is 1.20 bits per heavy atom. The summed E-state index contributed by atoms with van der Waals surface area (Å²) in [5.41, 5.74) is 1.87. The Labute approximate surface area is 92.4 Å². The van der Waals surface area contributed by atoms with Crippen molar-refractivity contribution in [2.24, 2.45) is 0 Å².